The van der Waals surface area contributed by atoms with Crippen molar-refractivity contribution in [3.8, 4) is 5.75 Å². The number of nitrogens with one attached hydrogen (secondary N) is 1. The number of nitrogens with zero attached hydrogens (tertiary/aromatic N) is 1. The molecule has 1 saturated heterocycles. The summed E-state index contributed by atoms with van der Waals surface area (Å²) in [5.74, 6) is 0.905. The summed E-state index contributed by atoms with van der Waals surface area (Å²) in [6.07, 6.45) is 0.0513. The van der Waals surface area contributed by atoms with Crippen molar-refractivity contribution in [3.63, 3.8) is 0 Å². The molecule has 0 aliphatic carbocycles. The largest absolute Gasteiger partial charge is 0.491 e. The Morgan fingerprint density at radius 1 is 1.39 bits per heavy atom. The summed E-state index contributed by atoms with van der Waals surface area (Å²) in [6.45, 7) is 12.2. The van der Waals surface area contributed by atoms with Crippen LogP contribution in [-0.4, -0.2) is 48.9 Å². The van der Waals surface area contributed by atoms with Gasteiger partial charge in [-0.1, -0.05) is 18.2 Å². The molecule has 0 radical (unpaired) electrons. The van der Waals surface area contributed by atoms with Crippen LogP contribution in [0.4, 0.5) is 4.79 Å². The van der Waals surface area contributed by atoms with Crippen LogP contribution in [-0.2, 0) is 4.74 Å². The topological polar surface area (TPSA) is 50.8 Å². The third-order valence-corrected chi connectivity index (χ3v) is 3.89. The van der Waals surface area contributed by atoms with Gasteiger partial charge in [-0.2, -0.15) is 0 Å². The van der Waals surface area contributed by atoms with Gasteiger partial charge in [0, 0.05) is 6.54 Å². The molecule has 2 rings (SSSR count). The van der Waals surface area contributed by atoms with Crippen molar-refractivity contribution >= 4 is 6.03 Å². The van der Waals surface area contributed by atoms with Crippen LogP contribution in [0.3, 0.4) is 0 Å². The van der Waals surface area contributed by atoms with Crippen molar-refractivity contribution in [1.29, 1.82) is 0 Å². The van der Waals surface area contributed by atoms with Gasteiger partial charge in [0.05, 0.1) is 24.8 Å². The maximum absolute atomic E-state index is 12.3. The Bertz CT molecular complexity index is 537. The summed E-state index contributed by atoms with van der Waals surface area (Å²) in [7, 11) is 0. The maximum Gasteiger partial charge on any atom is 0.317 e. The molecule has 0 aromatic heterocycles. The van der Waals surface area contributed by atoms with Gasteiger partial charge in [0.15, 0.2) is 0 Å². The molecule has 5 nitrogen and oxygen atoms in total. The summed E-state index contributed by atoms with van der Waals surface area (Å²) >= 11 is 0. The number of amides is 2. The van der Waals surface area contributed by atoms with Crippen LogP contribution in [0, 0.1) is 13.8 Å². The van der Waals surface area contributed by atoms with Gasteiger partial charge in [0.2, 0.25) is 0 Å². The Morgan fingerprint density at radius 2 is 2.04 bits per heavy atom. The summed E-state index contributed by atoms with van der Waals surface area (Å²) in [4.78, 5) is 14.1. The molecule has 1 atom stereocenters. The zero-order chi connectivity index (χ0) is 17.0. The van der Waals surface area contributed by atoms with E-state index in [4.69, 9.17) is 9.47 Å². The summed E-state index contributed by atoms with van der Waals surface area (Å²) in [5, 5.41) is 2.93. The number of urea groups is 1. The highest BCUT2D eigenvalue weighted by Gasteiger charge is 2.33. The predicted octanol–water partition coefficient (Wildman–Crippen LogP) is 2.89. The second-order valence-corrected chi connectivity index (χ2v) is 6.87. The second-order valence-electron chi connectivity index (χ2n) is 6.87. The number of rotatable bonds is 4. The molecule has 5 heteroatoms. The fourth-order valence-corrected chi connectivity index (χ4v) is 3.06. The maximum atomic E-state index is 12.3. The summed E-state index contributed by atoms with van der Waals surface area (Å²) < 4.78 is 11.6. The summed E-state index contributed by atoms with van der Waals surface area (Å²) in [6, 6.07) is 6.01. The van der Waals surface area contributed by atoms with Crippen molar-refractivity contribution in [3.05, 3.63) is 29.3 Å². The first-order chi connectivity index (χ1) is 10.8. The number of benzene rings is 1. The second kappa shape index (κ2) is 7.21. The Kier molecular flexibility index (Phi) is 5.52. The van der Waals surface area contributed by atoms with Gasteiger partial charge in [-0.05, 0) is 45.7 Å². The molecule has 128 valence electrons. The highest BCUT2D eigenvalue weighted by Crippen LogP contribution is 2.22. The van der Waals surface area contributed by atoms with E-state index in [9.17, 15) is 4.79 Å². The monoisotopic (exact) mass is 320 g/mol. The standard InChI is InChI=1S/C18H28N2O3/c1-13-7-6-8-14(2)16(13)22-10-9-19-17(21)20-11-15(3)23-18(4,5)12-20/h6-8,15H,9-12H2,1-5H3,(H,19,21). The van der Waals surface area contributed by atoms with Crippen LogP contribution >= 0.6 is 0 Å². The lowest BCUT2D eigenvalue weighted by Gasteiger charge is -2.41. The first-order valence-electron chi connectivity index (χ1n) is 8.18. The lowest BCUT2D eigenvalue weighted by molar-refractivity contribution is -0.117. The molecule has 1 aromatic rings. The van der Waals surface area contributed by atoms with Gasteiger partial charge in [-0.3, -0.25) is 0 Å². The number of aryl methyl sites for hydroxylation is 2. The fraction of sp³-hybridized carbons (Fsp3) is 0.611. The van der Waals surface area contributed by atoms with E-state index in [1.165, 1.54) is 0 Å². The average Bonchev–Trinajstić information content (AvgIpc) is 2.43. The van der Waals surface area contributed by atoms with Crippen LogP contribution in [0.15, 0.2) is 18.2 Å². The molecular formula is C18H28N2O3. The Balaban J connectivity index is 1.79. The minimum absolute atomic E-state index is 0.0513. The molecular weight excluding hydrogens is 292 g/mol. The lowest BCUT2D eigenvalue weighted by Crippen LogP contribution is -2.56. The van der Waals surface area contributed by atoms with E-state index in [-0.39, 0.29) is 17.7 Å². The molecule has 1 unspecified atom stereocenters. The SMILES string of the molecule is Cc1cccc(C)c1OCCNC(=O)N1CC(C)OC(C)(C)C1. The van der Waals surface area contributed by atoms with Crippen molar-refractivity contribution in [2.75, 3.05) is 26.2 Å². The van der Waals surface area contributed by atoms with Gasteiger partial charge in [0.25, 0.3) is 0 Å². The quantitative estimate of drug-likeness (QED) is 0.868. The molecule has 1 aliphatic rings. The zero-order valence-corrected chi connectivity index (χ0v) is 14.8. The molecule has 0 bridgehead atoms. The number of carbonyl (C=O) groups excluding carboxylic acids is 1. The predicted molar refractivity (Wildman–Crippen MR) is 91.0 cm³/mol. The smallest absolute Gasteiger partial charge is 0.317 e. The Labute approximate surface area is 139 Å². The number of hydrogen-bond acceptors (Lipinski definition) is 3. The third-order valence-electron chi connectivity index (χ3n) is 3.89. The van der Waals surface area contributed by atoms with Gasteiger partial charge in [0.1, 0.15) is 12.4 Å². The molecule has 0 spiro atoms. The van der Waals surface area contributed by atoms with Crippen LogP contribution in [0.1, 0.15) is 31.9 Å². The van der Waals surface area contributed by atoms with Gasteiger partial charge < -0.3 is 19.7 Å². The van der Waals surface area contributed by atoms with E-state index in [2.05, 4.69) is 5.32 Å². The van der Waals surface area contributed by atoms with Gasteiger partial charge >= 0.3 is 6.03 Å². The minimum atomic E-state index is -0.302. The highest BCUT2D eigenvalue weighted by molar-refractivity contribution is 5.74. The van der Waals surface area contributed by atoms with E-state index >= 15 is 0 Å². The van der Waals surface area contributed by atoms with Gasteiger partial charge in [-0.15, -0.1) is 0 Å². The first kappa shape index (κ1) is 17.6. The van der Waals surface area contributed by atoms with Crippen molar-refractivity contribution in [2.24, 2.45) is 0 Å². The minimum Gasteiger partial charge on any atom is -0.491 e. The number of para-hydroxylation sites is 1. The van der Waals surface area contributed by atoms with Crippen LogP contribution in [0.2, 0.25) is 0 Å². The number of morpholine rings is 1. The molecule has 1 aromatic carbocycles. The fourth-order valence-electron chi connectivity index (χ4n) is 3.06. The Morgan fingerprint density at radius 3 is 2.65 bits per heavy atom. The molecule has 1 N–H and O–H groups in total. The van der Waals surface area contributed by atoms with Crippen molar-refractivity contribution in [1.82, 2.24) is 10.2 Å². The molecule has 23 heavy (non-hydrogen) atoms. The van der Waals surface area contributed by atoms with Crippen LogP contribution in [0.25, 0.3) is 0 Å². The third kappa shape index (κ3) is 4.86. The number of ether oxygens (including phenoxy) is 2. The Hall–Kier alpha value is -1.75. The van der Waals surface area contributed by atoms with Crippen molar-refractivity contribution in [2.45, 2.75) is 46.3 Å². The first-order valence-corrected chi connectivity index (χ1v) is 8.18. The van der Waals surface area contributed by atoms with E-state index in [0.29, 0.717) is 26.2 Å². The van der Waals surface area contributed by atoms with Crippen LogP contribution < -0.4 is 10.1 Å². The van der Waals surface area contributed by atoms with E-state index in [0.717, 1.165) is 16.9 Å². The normalized spacial score (nSPS) is 20.2. The van der Waals surface area contributed by atoms with Crippen molar-refractivity contribution < 1.29 is 14.3 Å². The summed E-state index contributed by atoms with van der Waals surface area (Å²) in [5.41, 5.74) is 1.92. The van der Waals surface area contributed by atoms with E-state index < -0.39 is 0 Å². The molecule has 0 saturated carbocycles. The van der Waals surface area contributed by atoms with E-state index in [1.54, 1.807) is 0 Å². The molecule has 1 fully saturated rings. The molecule has 2 amide bonds. The average molecular weight is 320 g/mol. The van der Waals surface area contributed by atoms with E-state index in [1.807, 2.05) is 57.7 Å². The number of hydrogen-bond donors (Lipinski definition) is 1. The molecule has 1 heterocycles. The van der Waals surface area contributed by atoms with Crippen LogP contribution in [0.5, 0.6) is 5.75 Å². The van der Waals surface area contributed by atoms with Gasteiger partial charge in [-0.25, -0.2) is 4.79 Å². The number of carbonyl (C=O) groups is 1. The zero-order valence-electron chi connectivity index (χ0n) is 14.8. The molecule has 1 aliphatic heterocycles. The highest BCUT2D eigenvalue weighted by atomic mass is 16.5. The lowest BCUT2D eigenvalue weighted by atomic mass is 10.1.